The second-order valence-electron chi connectivity index (χ2n) is 4.39. The number of pyridine rings is 1. The number of hydrogen-bond acceptors (Lipinski definition) is 4. The maximum absolute atomic E-state index is 12.2. The van der Waals surface area contributed by atoms with Gasteiger partial charge in [-0.2, -0.15) is 0 Å². The third kappa shape index (κ3) is 2.84. The van der Waals surface area contributed by atoms with Crippen LogP contribution in [0.5, 0.6) is 0 Å². The van der Waals surface area contributed by atoms with Crippen LogP contribution in [0.15, 0.2) is 48.8 Å². The Hall–Kier alpha value is -2.10. The molecule has 0 aliphatic heterocycles. The van der Waals surface area contributed by atoms with Gasteiger partial charge < -0.3 is 0 Å². The van der Waals surface area contributed by atoms with Crippen LogP contribution in [-0.2, 0) is 4.74 Å². The number of esters is 1. The third-order valence-corrected chi connectivity index (χ3v) is 5.40. The van der Waals surface area contributed by atoms with Gasteiger partial charge in [0.05, 0.1) is 0 Å². The summed E-state index contributed by atoms with van der Waals surface area (Å²) in [5.41, 5.74) is 1.71. The number of benzene rings is 1. The van der Waals surface area contributed by atoms with Gasteiger partial charge in [0.15, 0.2) is 0 Å². The first kappa shape index (κ1) is 13.9. The number of nitrogens with zero attached hydrogens (tertiary/aromatic N) is 1. The topological polar surface area (TPSA) is 51.2 Å². The van der Waals surface area contributed by atoms with Crippen molar-refractivity contribution in [3.05, 3.63) is 53.2 Å². The summed E-state index contributed by atoms with van der Waals surface area (Å²) in [6.45, 7) is 2.21. The summed E-state index contributed by atoms with van der Waals surface area (Å²) in [5.74, 6) is -0.236. The molecule has 0 amide bonds. The quantitative estimate of drug-likeness (QED) is 0.583. The summed E-state index contributed by atoms with van der Waals surface area (Å²) in [6.07, 6.45) is 3.46. The van der Waals surface area contributed by atoms with Crippen molar-refractivity contribution in [2.45, 2.75) is 6.92 Å². The van der Waals surface area contributed by atoms with E-state index in [9.17, 15) is 4.79 Å². The van der Waals surface area contributed by atoms with Crippen LogP contribution < -0.4 is 5.32 Å². The molecule has 0 aliphatic carbocycles. The summed E-state index contributed by atoms with van der Waals surface area (Å²) in [5, 5.41) is 4.39. The molecule has 2 heterocycles. The first-order chi connectivity index (χ1) is 10.3. The van der Waals surface area contributed by atoms with Gasteiger partial charge >= 0.3 is 128 Å². The molecule has 2 aromatic heterocycles. The minimum atomic E-state index is -0.236. The Morgan fingerprint density at radius 3 is 2.90 bits per heavy atom. The zero-order valence-electron chi connectivity index (χ0n) is 11.5. The number of carbonyl (C=O) groups is 1. The van der Waals surface area contributed by atoms with Gasteiger partial charge in [0, 0.05) is 0 Å². The van der Waals surface area contributed by atoms with Crippen molar-refractivity contribution in [1.82, 2.24) is 4.98 Å². The molecule has 21 heavy (non-hydrogen) atoms. The minimum absolute atomic E-state index is 0.0343. The van der Waals surface area contributed by atoms with Crippen LogP contribution in [0.4, 0.5) is 11.4 Å². The Bertz CT molecular complexity index is 768. The molecular weight excluding hydrogens is 331 g/mol. The molecule has 0 aliphatic rings. The Morgan fingerprint density at radius 2 is 2.14 bits per heavy atom. The second kappa shape index (κ2) is 6.12. The molecule has 1 aromatic carbocycles. The fourth-order valence-electron chi connectivity index (χ4n) is 2.09. The molecular formula is C16H14N2O2Se. The molecule has 0 saturated carbocycles. The van der Waals surface area contributed by atoms with Gasteiger partial charge in [0.1, 0.15) is 0 Å². The molecule has 0 bridgehead atoms. The van der Waals surface area contributed by atoms with Crippen LogP contribution in [0.2, 0.25) is 0 Å². The van der Waals surface area contributed by atoms with Crippen LogP contribution in [0, 0.1) is 0 Å². The van der Waals surface area contributed by atoms with E-state index in [-0.39, 0.29) is 20.5 Å². The van der Waals surface area contributed by atoms with Crippen molar-refractivity contribution in [3.63, 3.8) is 0 Å². The van der Waals surface area contributed by atoms with E-state index in [1.807, 2.05) is 37.3 Å². The Kier molecular flexibility index (Phi) is 4.04. The summed E-state index contributed by atoms with van der Waals surface area (Å²) in [7, 11) is 0. The maximum atomic E-state index is 12.2. The van der Waals surface area contributed by atoms with Crippen LogP contribution in [0.25, 0.3) is 9.65 Å². The van der Waals surface area contributed by atoms with E-state index in [0.717, 1.165) is 21.2 Å². The van der Waals surface area contributed by atoms with E-state index in [1.54, 1.807) is 12.4 Å². The average molecular weight is 345 g/mol. The first-order valence-corrected chi connectivity index (χ1v) is 8.36. The molecule has 3 aromatic rings. The molecule has 4 nitrogen and oxygen atoms in total. The van der Waals surface area contributed by atoms with Crippen molar-refractivity contribution in [3.8, 4) is 0 Å². The average Bonchev–Trinajstić information content (AvgIpc) is 2.88. The third-order valence-electron chi connectivity index (χ3n) is 2.99. The van der Waals surface area contributed by atoms with Gasteiger partial charge in [-0.05, 0) is 0 Å². The Balaban J connectivity index is 2.09. The summed E-state index contributed by atoms with van der Waals surface area (Å²) >= 11 is -0.0343. The van der Waals surface area contributed by atoms with E-state index >= 15 is 0 Å². The van der Waals surface area contributed by atoms with E-state index in [4.69, 9.17) is 4.74 Å². The molecule has 0 radical (unpaired) electrons. The molecule has 3 rings (SSSR count). The number of ether oxygens (including phenoxy) is 1. The summed E-state index contributed by atoms with van der Waals surface area (Å²) < 4.78 is 7.11. The molecule has 5 heteroatoms. The Morgan fingerprint density at radius 1 is 1.29 bits per heavy atom. The fourth-order valence-corrected chi connectivity index (χ4v) is 4.30. The summed E-state index contributed by atoms with van der Waals surface area (Å²) in [6, 6.07) is 11.9. The van der Waals surface area contributed by atoms with Crippen LogP contribution >= 0.6 is 0 Å². The predicted octanol–water partition coefficient (Wildman–Crippen LogP) is 3.21. The standard InChI is InChI=1S/C16H14N2O2Se/c1-2-20-16(19)15-14(18-11-6-5-9-17-10-11)12-7-3-4-8-13(12)21-15/h3-10,18H,2H2,1H3. The van der Waals surface area contributed by atoms with E-state index in [2.05, 4.69) is 16.4 Å². The van der Waals surface area contributed by atoms with Gasteiger partial charge in [-0.15, -0.1) is 0 Å². The van der Waals surface area contributed by atoms with Gasteiger partial charge in [0.2, 0.25) is 0 Å². The molecule has 0 unspecified atom stereocenters. The van der Waals surface area contributed by atoms with Crippen LogP contribution in [-0.4, -0.2) is 32.1 Å². The Labute approximate surface area is 128 Å². The van der Waals surface area contributed by atoms with E-state index < -0.39 is 0 Å². The molecule has 0 spiro atoms. The molecule has 0 saturated heterocycles. The van der Waals surface area contributed by atoms with Gasteiger partial charge in [0.25, 0.3) is 0 Å². The second-order valence-corrected chi connectivity index (χ2v) is 6.60. The van der Waals surface area contributed by atoms with Crippen molar-refractivity contribution < 1.29 is 9.53 Å². The molecule has 1 N–H and O–H groups in total. The van der Waals surface area contributed by atoms with Crippen molar-refractivity contribution in [1.29, 1.82) is 0 Å². The predicted molar refractivity (Wildman–Crippen MR) is 84.4 cm³/mol. The molecule has 0 atom stereocenters. The van der Waals surface area contributed by atoms with Crippen LogP contribution in [0.1, 0.15) is 16.2 Å². The van der Waals surface area contributed by atoms with Gasteiger partial charge in [-0.25, -0.2) is 0 Å². The van der Waals surface area contributed by atoms with Crippen LogP contribution in [0.3, 0.4) is 0 Å². The number of aromatic nitrogens is 1. The number of carbonyl (C=O) groups excluding carboxylic acids is 1. The van der Waals surface area contributed by atoms with E-state index in [1.165, 1.54) is 4.26 Å². The fraction of sp³-hybridized carbons (Fsp3) is 0.125. The zero-order valence-corrected chi connectivity index (χ0v) is 13.2. The van der Waals surface area contributed by atoms with E-state index in [0.29, 0.717) is 6.61 Å². The SMILES string of the molecule is CCOC(=O)c1[se]c2ccccc2c1Nc1cccnc1. The molecule has 0 fully saturated rings. The molecule has 106 valence electrons. The van der Waals surface area contributed by atoms with Crippen molar-refractivity contribution >= 4 is 41.5 Å². The summed E-state index contributed by atoms with van der Waals surface area (Å²) in [4.78, 5) is 16.3. The number of nitrogens with one attached hydrogen (secondary N) is 1. The number of fused-ring (bicyclic) bond motifs is 1. The number of hydrogen-bond donors (Lipinski definition) is 1. The number of rotatable bonds is 4. The monoisotopic (exact) mass is 346 g/mol. The number of anilines is 2. The van der Waals surface area contributed by atoms with Gasteiger partial charge in [-0.1, -0.05) is 0 Å². The first-order valence-electron chi connectivity index (χ1n) is 6.65. The zero-order chi connectivity index (χ0) is 14.7. The van der Waals surface area contributed by atoms with Gasteiger partial charge in [-0.3, -0.25) is 0 Å². The van der Waals surface area contributed by atoms with Crippen molar-refractivity contribution in [2.24, 2.45) is 0 Å². The normalized spacial score (nSPS) is 10.5. The van der Waals surface area contributed by atoms with Crippen molar-refractivity contribution in [2.75, 3.05) is 11.9 Å².